The molecule has 0 aliphatic rings. The minimum atomic E-state index is -0.225. The summed E-state index contributed by atoms with van der Waals surface area (Å²) in [7, 11) is 1.88. The predicted molar refractivity (Wildman–Crippen MR) is 80.5 cm³/mol. The summed E-state index contributed by atoms with van der Waals surface area (Å²) >= 11 is 1.37. The number of hydrogen-bond acceptors (Lipinski definition) is 3. The number of carbonyl (C=O) groups is 1. The Balaban J connectivity index is 0.00000324. The molecule has 2 N–H and O–H groups in total. The number of halogens is 2. The SMILES string of the molecule is CNCCCNC(=O)CCSc1ccccc1F.Cl. The summed E-state index contributed by atoms with van der Waals surface area (Å²) in [6.07, 6.45) is 1.33. The van der Waals surface area contributed by atoms with E-state index in [2.05, 4.69) is 10.6 Å². The second kappa shape index (κ2) is 11.1. The lowest BCUT2D eigenvalue weighted by Crippen LogP contribution is -2.26. The van der Waals surface area contributed by atoms with Crippen molar-refractivity contribution in [1.29, 1.82) is 0 Å². The largest absolute Gasteiger partial charge is 0.356 e. The normalized spacial score (nSPS) is 9.79. The Kier molecular flexibility index (Phi) is 10.6. The number of benzene rings is 1. The summed E-state index contributed by atoms with van der Waals surface area (Å²) in [4.78, 5) is 12.0. The fraction of sp³-hybridized carbons (Fsp3) is 0.462. The Hall–Kier alpha value is -0.780. The second-order valence-electron chi connectivity index (χ2n) is 3.84. The van der Waals surface area contributed by atoms with E-state index in [1.807, 2.05) is 7.05 Å². The van der Waals surface area contributed by atoms with Crippen LogP contribution in [0.25, 0.3) is 0 Å². The summed E-state index contributed by atoms with van der Waals surface area (Å²) < 4.78 is 13.3. The van der Waals surface area contributed by atoms with Gasteiger partial charge in [-0.25, -0.2) is 4.39 Å². The molecule has 0 saturated heterocycles. The number of rotatable bonds is 8. The highest BCUT2D eigenvalue weighted by molar-refractivity contribution is 7.99. The molecule has 1 aromatic rings. The number of hydrogen-bond donors (Lipinski definition) is 2. The molecule has 3 nitrogen and oxygen atoms in total. The molecule has 0 aliphatic carbocycles. The monoisotopic (exact) mass is 306 g/mol. The molecule has 108 valence electrons. The van der Waals surface area contributed by atoms with Crippen LogP contribution >= 0.6 is 24.2 Å². The number of carbonyl (C=O) groups excluding carboxylic acids is 1. The van der Waals surface area contributed by atoms with Crippen molar-refractivity contribution in [3.63, 3.8) is 0 Å². The minimum Gasteiger partial charge on any atom is -0.356 e. The van der Waals surface area contributed by atoms with Crippen LogP contribution in [0.2, 0.25) is 0 Å². The first-order valence-corrected chi connectivity index (χ1v) is 7.01. The molecular formula is C13H20ClFN2OS. The smallest absolute Gasteiger partial charge is 0.220 e. The summed E-state index contributed by atoms with van der Waals surface area (Å²) in [6, 6.07) is 6.61. The molecule has 6 heteroatoms. The molecule has 19 heavy (non-hydrogen) atoms. The lowest BCUT2D eigenvalue weighted by molar-refractivity contribution is -0.120. The van der Waals surface area contributed by atoms with Crippen molar-refractivity contribution < 1.29 is 9.18 Å². The van der Waals surface area contributed by atoms with Gasteiger partial charge < -0.3 is 10.6 Å². The van der Waals surface area contributed by atoms with E-state index in [1.54, 1.807) is 18.2 Å². The first-order valence-electron chi connectivity index (χ1n) is 6.02. The standard InChI is InChI=1S/C13H19FN2OS.ClH/c1-15-8-4-9-16-13(17)7-10-18-12-6-3-2-5-11(12)14;/h2-3,5-6,15H,4,7-10H2,1H3,(H,16,17);1H. The summed E-state index contributed by atoms with van der Waals surface area (Å²) in [5, 5.41) is 5.85. The van der Waals surface area contributed by atoms with Crippen molar-refractivity contribution in [2.75, 3.05) is 25.9 Å². The number of nitrogens with one attached hydrogen (secondary N) is 2. The van der Waals surface area contributed by atoms with Crippen LogP contribution in [-0.2, 0) is 4.79 Å². The predicted octanol–water partition coefficient (Wildman–Crippen LogP) is 2.46. The molecule has 1 aromatic carbocycles. The maximum Gasteiger partial charge on any atom is 0.220 e. The third kappa shape index (κ3) is 8.08. The molecule has 0 heterocycles. The fourth-order valence-corrected chi connectivity index (χ4v) is 2.28. The van der Waals surface area contributed by atoms with Crippen molar-refractivity contribution in [3.8, 4) is 0 Å². The van der Waals surface area contributed by atoms with Gasteiger partial charge in [0.2, 0.25) is 5.91 Å². The van der Waals surface area contributed by atoms with Gasteiger partial charge in [-0.3, -0.25) is 4.79 Å². The van der Waals surface area contributed by atoms with Crippen molar-refractivity contribution in [1.82, 2.24) is 10.6 Å². The van der Waals surface area contributed by atoms with Crippen LogP contribution in [0.1, 0.15) is 12.8 Å². The van der Waals surface area contributed by atoms with Crippen molar-refractivity contribution in [3.05, 3.63) is 30.1 Å². The lowest BCUT2D eigenvalue weighted by atomic mass is 10.3. The van der Waals surface area contributed by atoms with Crippen molar-refractivity contribution >= 4 is 30.1 Å². The quantitative estimate of drug-likeness (QED) is 0.572. The highest BCUT2D eigenvalue weighted by atomic mass is 35.5. The highest BCUT2D eigenvalue weighted by Gasteiger charge is 2.04. The molecule has 0 aromatic heterocycles. The van der Waals surface area contributed by atoms with Gasteiger partial charge in [-0.1, -0.05) is 12.1 Å². The number of thioether (sulfide) groups is 1. The van der Waals surface area contributed by atoms with E-state index in [9.17, 15) is 9.18 Å². The van der Waals surface area contributed by atoms with Crippen LogP contribution in [0.3, 0.4) is 0 Å². The van der Waals surface area contributed by atoms with Gasteiger partial charge in [0.1, 0.15) is 5.82 Å². The van der Waals surface area contributed by atoms with Crippen molar-refractivity contribution in [2.24, 2.45) is 0 Å². The summed E-state index contributed by atoms with van der Waals surface area (Å²) in [5.74, 6) is 0.394. The van der Waals surface area contributed by atoms with Crippen LogP contribution in [0.5, 0.6) is 0 Å². The molecule has 0 aliphatic heterocycles. The Bertz CT molecular complexity index is 379. The molecule has 0 spiro atoms. The average Bonchev–Trinajstić information content (AvgIpc) is 2.37. The van der Waals surface area contributed by atoms with Crippen LogP contribution in [0.15, 0.2) is 29.2 Å². The zero-order valence-electron chi connectivity index (χ0n) is 10.9. The zero-order chi connectivity index (χ0) is 13.2. The summed E-state index contributed by atoms with van der Waals surface area (Å²) in [6.45, 7) is 1.58. The molecule has 0 saturated carbocycles. The van der Waals surface area contributed by atoms with Gasteiger partial charge in [-0.2, -0.15) is 0 Å². The van der Waals surface area contributed by atoms with Gasteiger partial charge in [-0.05, 0) is 32.1 Å². The van der Waals surface area contributed by atoms with Gasteiger partial charge >= 0.3 is 0 Å². The molecule has 0 unspecified atom stereocenters. The molecular weight excluding hydrogens is 287 g/mol. The fourth-order valence-electron chi connectivity index (χ4n) is 1.40. The van der Waals surface area contributed by atoms with E-state index in [0.717, 1.165) is 13.0 Å². The van der Waals surface area contributed by atoms with Crippen LogP contribution in [0.4, 0.5) is 4.39 Å². The van der Waals surface area contributed by atoms with Crippen molar-refractivity contribution in [2.45, 2.75) is 17.7 Å². The topological polar surface area (TPSA) is 41.1 Å². The second-order valence-corrected chi connectivity index (χ2v) is 4.97. The van der Waals surface area contributed by atoms with Gasteiger partial charge in [0.15, 0.2) is 0 Å². The Morgan fingerprint density at radius 3 is 2.74 bits per heavy atom. The minimum absolute atomic E-state index is 0. The first kappa shape index (κ1) is 18.2. The van der Waals surface area contributed by atoms with E-state index in [4.69, 9.17) is 0 Å². The van der Waals surface area contributed by atoms with Gasteiger partial charge in [0.05, 0.1) is 0 Å². The summed E-state index contributed by atoms with van der Waals surface area (Å²) in [5.41, 5.74) is 0. The lowest BCUT2D eigenvalue weighted by Gasteiger charge is -2.05. The Morgan fingerprint density at radius 1 is 1.32 bits per heavy atom. The van der Waals surface area contributed by atoms with Crippen LogP contribution < -0.4 is 10.6 Å². The van der Waals surface area contributed by atoms with Crippen LogP contribution in [-0.4, -0.2) is 31.8 Å². The molecule has 1 amide bonds. The molecule has 0 bridgehead atoms. The zero-order valence-corrected chi connectivity index (χ0v) is 12.6. The number of amides is 1. The van der Waals surface area contributed by atoms with E-state index < -0.39 is 0 Å². The third-order valence-electron chi connectivity index (χ3n) is 2.35. The first-order chi connectivity index (χ1) is 8.74. The van der Waals surface area contributed by atoms with Crippen LogP contribution in [0, 0.1) is 5.82 Å². The van der Waals surface area contributed by atoms with E-state index in [0.29, 0.717) is 23.6 Å². The Labute approximate surface area is 124 Å². The molecule has 0 fully saturated rings. The van der Waals surface area contributed by atoms with E-state index in [-0.39, 0.29) is 24.1 Å². The third-order valence-corrected chi connectivity index (χ3v) is 3.40. The molecule has 0 radical (unpaired) electrons. The molecule has 0 atom stereocenters. The van der Waals surface area contributed by atoms with Gasteiger partial charge in [0, 0.05) is 23.6 Å². The van der Waals surface area contributed by atoms with E-state index >= 15 is 0 Å². The molecule has 1 rings (SSSR count). The maximum absolute atomic E-state index is 13.3. The van der Waals surface area contributed by atoms with Gasteiger partial charge in [0.25, 0.3) is 0 Å². The maximum atomic E-state index is 13.3. The van der Waals surface area contributed by atoms with Gasteiger partial charge in [-0.15, -0.1) is 24.2 Å². The Morgan fingerprint density at radius 2 is 2.05 bits per heavy atom. The highest BCUT2D eigenvalue weighted by Crippen LogP contribution is 2.21. The average molecular weight is 307 g/mol. The van der Waals surface area contributed by atoms with E-state index in [1.165, 1.54) is 17.8 Å².